The summed E-state index contributed by atoms with van der Waals surface area (Å²) in [5.41, 5.74) is 0.120. The van der Waals surface area contributed by atoms with Gasteiger partial charge in [0.15, 0.2) is 8.32 Å². The minimum absolute atomic E-state index is 0.0180. The number of hydrogen-bond donors (Lipinski definition) is 0. The van der Waals surface area contributed by atoms with E-state index in [-0.39, 0.29) is 22.9 Å². The van der Waals surface area contributed by atoms with Gasteiger partial charge >= 0.3 is 0 Å². The first-order chi connectivity index (χ1) is 8.54. The predicted molar refractivity (Wildman–Crippen MR) is 75.0 cm³/mol. The molecule has 4 nitrogen and oxygen atoms in total. The van der Waals surface area contributed by atoms with Crippen LogP contribution in [0.25, 0.3) is 0 Å². The van der Waals surface area contributed by atoms with Crippen molar-refractivity contribution in [2.45, 2.75) is 45.5 Å². The monoisotopic (exact) mass is 285 g/mol. The smallest absolute Gasteiger partial charge is 0.269 e. The van der Waals surface area contributed by atoms with Crippen LogP contribution in [0, 0.1) is 15.9 Å². The van der Waals surface area contributed by atoms with E-state index in [1.54, 1.807) is 0 Å². The van der Waals surface area contributed by atoms with Crippen molar-refractivity contribution in [1.29, 1.82) is 0 Å². The summed E-state index contributed by atoms with van der Waals surface area (Å²) in [6.07, 6.45) is 0. The molecule has 0 aliphatic rings. The average molecular weight is 285 g/mol. The Labute approximate surface area is 113 Å². The zero-order valence-corrected chi connectivity index (χ0v) is 13.0. The normalized spacial score (nSPS) is 12.5. The first-order valence-corrected chi connectivity index (χ1v) is 9.02. The maximum atomic E-state index is 13.6. The molecule has 1 aromatic rings. The number of nitro groups is 1. The topological polar surface area (TPSA) is 52.4 Å². The van der Waals surface area contributed by atoms with Crippen molar-refractivity contribution in [3.8, 4) is 0 Å². The molecule has 19 heavy (non-hydrogen) atoms. The van der Waals surface area contributed by atoms with E-state index >= 15 is 0 Å². The Morgan fingerprint density at radius 3 is 2.42 bits per heavy atom. The van der Waals surface area contributed by atoms with Crippen LogP contribution in [0.15, 0.2) is 18.2 Å². The van der Waals surface area contributed by atoms with Crippen molar-refractivity contribution in [3.63, 3.8) is 0 Å². The third-order valence-corrected chi connectivity index (χ3v) is 8.11. The second-order valence-corrected chi connectivity index (χ2v) is 10.9. The van der Waals surface area contributed by atoms with Crippen LogP contribution in [0.4, 0.5) is 10.1 Å². The highest BCUT2D eigenvalue weighted by atomic mass is 28.4. The van der Waals surface area contributed by atoms with Gasteiger partial charge in [-0.05, 0) is 24.2 Å². The van der Waals surface area contributed by atoms with Crippen molar-refractivity contribution in [2.75, 3.05) is 0 Å². The molecule has 0 saturated heterocycles. The van der Waals surface area contributed by atoms with Gasteiger partial charge in [0, 0.05) is 17.7 Å². The second-order valence-electron chi connectivity index (χ2n) is 6.08. The van der Waals surface area contributed by atoms with E-state index in [1.807, 2.05) is 0 Å². The molecular formula is C13H20FNO3Si. The van der Waals surface area contributed by atoms with Gasteiger partial charge in [-0.1, -0.05) is 20.8 Å². The molecule has 0 aliphatic heterocycles. The maximum absolute atomic E-state index is 13.6. The first kappa shape index (κ1) is 15.8. The van der Waals surface area contributed by atoms with Crippen molar-refractivity contribution >= 4 is 14.0 Å². The highest BCUT2D eigenvalue weighted by molar-refractivity contribution is 6.74. The van der Waals surface area contributed by atoms with E-state index in [4.69, 9.17) is 4.43 Å². The van der Waals surface area contributed by atoms with Gasteiger partial charge in [0.1, 0.15) is 5.82 Å². The molecule has 1 rings (SSSR count). The van der Waals surface area contributed by atoms with Gasteiger partial charge in [0.2, 0.25) is 0 Å². The summed E-state index contributed by atoms with van der Waals surface area (Å²) in [5.74, 6) is -0.468. The van der Waals surface area contributed by atoms with Gasteiger partial charge < -0.3 is 4.43 Å². The lowest BCUT2D eigenvalue weighted by atomic mass is 10.2. The molecule has 0 fully saturated rings. The molecule has 0 N–H and O–H groups in total. The minimum atomic E-state index is -1.99. The van der Waals surface area contributed by atoms with Crippen LogP contribution >= 0.6 is 0 Å². The molecule has 0 atom stereocenters. The molecule has 0 radical (unpaired) electrons. The van der Waals surface area contributed by atoms with Crippen LogP contribution in [0.3, 0.4) is 0 Å². The van der Waals surface area contributed by atoms with Gasteiger partial charge in [-0.2, -0.15) is 0 Å². The van der Waals surface area contributed by atoms with Crippen LogP contribution in [0.2, 0.25) is 18.1 Å². The molecule has 0 saturated carbocycles. The van der Waals surface area contributed by atoms with E-state index in [1.165, 1.54) is 6.07 Å². The quantitative estimate of drug-likeness (QED) is 0.472. The van der Waals surface area contributed by atoms with Crippen molar-refractivity contribution in [3.05, 3.63) is 39.7 Å². The van der Waals surface area contributed by atoms with E-state index in [0.717, 1.165) is 12.1 Å². The average Bonchev–Trinajstić information content (AvgIpc) is 2.26. The Hall–Kier alpha value is -1.27. The fourth-order valence-electron chi connectivity index (χ4n) is 1.26. The van der Waals surface area contributed by atoms with Gasteiger partial charge in [-0.25, -0.2) is 4.39 Å². The highest BCUT2D eigenvalue weighted by Gasteiger charge is 2.37. The number of nitrogens with zero attached hydrogens (tertiary/aromatic N) is 1. The van der Waals surface area contributed by atoms with Crippen LogP contribution in [0.1, 0.15) is 26.3 Å². The number of rotatable bonds is 4. The Kier molecular flexibility index (Phi) is 4.47. The maximum Gasteiger partial charge on any atom is 0.269 e. The van der Waals surface area contributed by atoms with E-state index in [2.05, 4.69) is 33.9 Å². The lowest BCUT2D eigenvalue weighted by Gasteiger charge is -2.36. The SMILES string of the molecule is CC(C)(C)[Si](C)(C)OCc1cc([N+](=O)[O-])ccc1F. The lowest BCUT2D eigenvalue weighted by molar-refractivity contribution is -0.385. The minimum Gasteiger partial charge on any atom is -0.412 e. The summed E-state index contributed by atoms with van der Waals surface area (Å²) in [7, 11) is -1.99. The van der Waals surface area contributed by atoms with E-state index < -0.39 is 19.1 Å². The van der Waals surface area contributed by atoms with Crippen LogP contribution in [-0.2, 0) is 11.0 Å². The van der Waals surface area contributed by atoms with Crippen molar-refractivity contribution in [1.82, 2.24) is 0 Å². The lowest BCUT2D eigenvalue weighted by Crippen LogP contribution is -2.40. The summed E-state index contributed by atoms with van der Waals surface area (Å²) in [6, 6.07) is 3.51. The number of benzene rings is 1. The molecule has 106 valence electrons. The molecule has 0 aromatic heterocycles. The van der Waals surface area contributed by atoms with Crippen LogP contribution < -0.4 is 0 Å². The Bertz CT molecular complexity index is 483. The predicted octanol–water partition coefficient (Wildman–Crippen LogP) is 4.26. The van der Waals surface area contributed by atoms with E-state index in [0.29, 0.717) is 0 Å². The fraction of sp³-hybridized carbons (Fsp3) is 0.538. The fourth-order valence-corrected chi connectivity index (χ4v) is 2.21. The number of nitro benzene ring substituents is 1. The van der Waals surface area contributed by atoms with E-state index in [9.17, 15) is 14.5 Å². The zero-order valence-electron chi connectivity index (χ0n) is 12.0. The summed E-state index contributed by atoms with van der Waals surface area (Å²) in [4.78, 5) is 10.1. The second kappa shape index (κ2) is 5.38. The molecule has 0 bridgehead atoms. The van der Waals surface area contributed by atoms with Crippen molar-refractivity contribution < 1.29 is 13.7 Å². The molecule has 0 heterocycles. The van der Waals surface area contributed by atoms with Gasteiger partial charge in [0.05, 0.1) is 11.5 Å². The highest BCUT2D eigenvalue weighted by Crippen LogP contribution is 2.37. The van der Waals surface area contributed by atoms with Gasteiger partial charge in [-0.3, -0.25) is 10.1 Å². The van der Waals surface area contributed by atoms with Crippen molar-refractivity contribution in [2.24, 2.45) is 0 Å². The number of hydrogen-bond acceptors (Lipinski definition) is 3. The summed E-state index contributed by atoms with van der Waals surface area (Å²) < 4.78 is 19.5. The first-order valence-electron chi connectivity index (χ1n) is 6.11. The van der Waals surface area contributed by atoms with Crippen LogP contribution in [-0.4, -0.2) is 13.2 Å². The van der Waals surface area contributed by atoms with Gasteiger partial charge in [0.25, 0.3) is 5.69 Å². The van der Waals surface area contributed by atoms with Crippen LogP contribution in [0.5, 0.6) is 0 Å². The third kappa shape index (κ3) is 3.84. The number of halogens is 1. The summed E-state index contributed by atoms with van der Waals surface area (Å²) in [5, 5.41) is 10.7. The zero-order chi connectivity index (χ0) is 14.8. The Morgan fingerprint density at radius 2 is 1.95 bits per heavy atom. The number of non-ortho nitro benzene ring substituents is 1. The Balaban J connectivity index is 2.89. The third-order valence-electron chi connectivity index (χ3n) is 3.63. The summed E-state index contributed by atoms with van der Waals surface area (Å²) >= 11 is 0. The largest absolute Gasteiger partial charge is 0.412 e. The molecule has 0 spiro atoms. The molecule has 6 heteroatoms. The summed E-state index contributed by atoms with van der Waals surface area (Å²) in [6.45, 7) is 10.4. The molecule has 0 amide bonds. The molecule has 1 aromatic carbocycles. The molecular weight excluding hydrogens is 265 g/mol. The standard InChI is InChI=1S/C13H20FNO3Si/c1-13(2,3)19(4,5)18-9-10-8-11(15(16)17)6-7-12(10)14/h6-8H,9H2,1-5H3. The molecule has 0 unspecified atom stereocenters. The van der Waals surface area contributed by atoms with Gasteiger partial charge in [-0.15, -0.1) is 0 Å². The molecule has 0 aliphatic carbocycles. The Morgan fingerprint density at radius 1 is 1.37 bits per heavy atom.